The maximum atomic E-state index is 12.4. The Hall–Kier alpha value is -3.72. The summed E-state index contributed by atoms with van der Waals surface area (Å²) in [6.45, 7) is 5.41. The number of aromatic nitrogens is 4. The van der Waals surface area contributed by atoms with E-state index in [2.05, 4.69) is 40.8 Å². The molecule has 0 saturated carbocycles. The Kier molecular flexibility index (Phi) is 6.18. The van der Waals surface area contributed by atoms with Crippen molar-refractivity contribution in [2.75, 3.05) is 37.8 Å². The van der Waals surface area contributed by atoms with Gasteiger partial charge in [-0.2, -0.15) is 0 Å². The summed E-state index contributed by atoms with van der Waals surface area (Å²) < 4.78 is 0. The van der Waals surface area contributed by atoms with E-state index >= 15 is 0 Å². The molecule has 0 aliphatic carbocycles. The highest BCUT2D eigenvalue weighted by Gasteiger charge is 2.12. The number of aryl methyl sites for hydroxylation is 2. The lowest BCUT2D eigenvalue weighted by Gasteiger charge is -2.12. The minimum atomic E-state index is -0.263. The highest BCUT2D eigenvalue weighted by molar-refractivity contribution is 6.01. The van der Waals surface area contributed by atoms with Crippen LogP contribution in [0.1, 0.15) is 17.8 Å². The van der Waals surface area contributed by atoms with Gasteiger partial charge in [-0.15, -0.1) is 0 Å². The SMILES string of the molecule is Cc1nc2c(NC(=O)NCCCN(C)C)cc(Nc3ncc4cccc(C)c4n3)cc2[nH]1. The number of fused-ring (bicyclic) bond motifs is 2. The number of benzene rings is 2. The van der Waals surface area contributed by atoms with Crippen LogP contribution >= 0.6 is 0 Å². The fraction of sp³-hybridized carbons (Fsp3) is 0.304. The van der Waals surface area contributed by atoms with Crippen molar-refractivity contribution >= 4 is 45.3 Å². The predicted octanol–water partition coefficient (Wildman–Crippen LogP) is 3.94. The molecule has 2 aromatic carbocycles. The number of H-pyrrole nitrogens is 1. The van der Waals surface area contributed by atoms with E-state index in [9.17, 15) is 4.79 Å². The van der Waals surface area contributed by atoms with Gasteiger partial charge in [0.1, 0.15) is 11.3 Å². The van der Waals surface area contributed by atoms with Gasteiger partial charge < -0.3 is 25.8 Å². The van der Waals surface area contributed by atoms with E-state index in [1.165, 1.54) is 0 Å². The zero-order chi connectivity index (χ0) is 22.7. The average molecular weight is 433 g/mol. The normalized spacial score (nSPS) is 11.3. The molecule has 4 N–H and O–H groups in total. The molecule has 2 aromatic heterocycles. The first kappa shape index (κ1) is 21.5. The maximum Gasteiger partial charge on any atom is 0.319 e. The van der Waals surface area contributed by atoms with Gasteiger partial charge in [-0.1, -0.05) is 18.2 Å². The topological polar surface area (TPSA) is 111 Å². The van der Waals surface area contributed by atoms with Crippen molar-refractivity contribution in [1.82, 2.24) is 30.2 Å². The van der Waals surface area contributed by atoms with Crippen molar-refractivity contribution in [3.63, 3.8) is 0 Å². The number of para-hydroxylation sites is 1. The summed E-state index contributed by atoms with van der Waals surface area (Å²) in [6.07, 6.45) is 2.68. The Morgan fingerprint density at radius 3 is 2.78 bits per heavy atom. The largest absolute Gasteiger partial charge is 0.342 e. The van der Waals surface area contributed by atoms with Gasteiger partial charge in [-0.05, 0) is 58.6 Å². The molecule has 0 aliphatic rings. The quantitative estimate of drug-likeness (QED) is 0.329. The zero-order valence-electron chi connectivity index (χ0n) is 18.8. The van der Waals surface area contributed by atoms with Gasteiger partial charge in [-0.25, -0.2) is 19.7 Å². The lowest BCUT2D eigenvalue weighted by Crippen LogP contribution is -2.31. The summed E-state index contributed by atoms with van der Waals surface area (Å²) in [6, 6.07) is 9.52. The number of hydrogen-bond acceptors (Lipinski definition) is 6. The highest BCUT2D eigenvalue weighted by Crippen LogP contribution is 2.28. The molecule has 0 atom stereocenters. The Balaban J connectivity index is 1.56. The summed E-state index contributed by atoms with van der Waals surface area (Å²) in [5, 5.41) is 10.1. The Morgan fingerprint density at radius 2 is 1.97 bits per heavy atom. The van der Waals surface area contributed by atoms with Crippen LogP contribution in [0.2, 0.25) is 0 Å². The van der Waals surface area contributed by atoms with E-state index in [-0.39, 0.29) is 6.03 Å². The molecule has 32 heavy (non-hydrogen) atoms. The summed E-state index contributed by atoms with van der Waals surface area (Å²) in [5.41, 5.74) is 4.85. The number of rotatable bonds is 7. The number of hydrogen-bond donors (Lipinski definition) is 4. The minimum absolute atomic E-state index is 0.263. The molecule has 4 aromatic rings. The lowest BCUT2D eigenvalue weighted by atomic mass is 10.1. The molecule has 0 bridgehead atoms. The monoisotopic (exact) mass is 432 g/mol. The van der Waals surface area contributed by atoms with Crippen LogP contribution in [0.5, 0.6) is 0 Å². The van der Waals surface area contributed by atoms with Gasteiger partial charge >= 0.3 is 6.03 Å². The van der Waals surface area contributed by atoms with Crippen molar-refractivity contribution in [1.29, 1.82) is 0 Å². The number of imidazole rings is 1. The maximum absolute atomic E-state index is 12.4. The fourth-order valence-electron chi connectivity index (χ4n) is 3.57. The molecule has 0 spiro atoms. The van der Waals surface area contributed by atoms with E-state index in [0.29, 0.717) is 23.7 Å². The smallest absolute Gasteiger partial charge is 0.319 e. The average Bonchev–Trinajstić information content (AvgIpc) is 3.12. The number of urea groups is 1. The van der Waals surface area contributed by atoms with Crippen LogP contribution in [0.4, 0.5) is 22.1 Å². The van der Waals surface area contributed by atoms with Crippen molar-refractivity contribution in [3.05, 3.63) is 47.9 Å². The van der Waals surface area contributed by atoms with E-state index in [1.807, 2.05) is 58.3 Å². The van der Waals surface area contributed by atoms with E-state index in [1.54, 1.807) is 6.20 Å². The van der Waals surface area contributed by atoms with Crippen molar-refractivity contribution < 1.29 is 4.79 Å². The number of carbonyl (C=O) groups is 1. The molecule has 0 unspecified atom stereocenters. The molecule has 9 nitrogen and oxygen atoms in total. The molecule has 0 saturated heterocycles. The predicted molar refractivity (Wildman–Crippen MR) is 129 cm³/mol. The van der Waals surface area contributed by atoms with Crippen LogP contribution in [0.25, 0.3) is 21.9 Å². The van der Waals surface area contributed by atoms with E-state index < -0.39 is 0 Å². The Bertz CT molecular complexity index is 1260. The molecule has 2 heterocycles. The first-order valence-electron chi connectivity index (χ1n) is 10.6. The molecule has 4 rings (SSSR count). The van der Waals surface area contributed by atoms with Gasteiger partial charge in [0, 0.05) is 23.8 Å². The molecule has 0 fully saturated rings. The number of amides is 2. The first-order valence-corrected chi connectivity index (χ1v) is 10.6. The second-order valence-electron chi connectivity index (χ2n) is 8.11. The van der Waals surface area contributed by atoms with Crippen molar-refractivity contribution in [3.8, 4) is 0 Å². The second-order valence-corrected chi connectivity index (χ2v) is 8.11. The fourth-order valence-corrected chi connectivity index (χ4v) is 3.57. The van der Waals surface area contributed by atoms with Crippen LogP contribution in [0.15, 0.2) is 36.5 Å². The molecular formula is C23H28N8O. The summed E-state index contributed by atoms with van der Waals surface area (Å²) in [7, 11) is 4.02. The summed E-state index contributed by atoms with van der Waals surface area (Å²) in [4.78, 5) is 31.4. The summed E-state index contributed by atoms with van der Waals surface area (Å²) in [5.74, 6) is 1.26. The van der Waals surface area contributed by atoms with Crippen molar-refractivity contribution in [2.45, 2.75) is 20.3 Å². The van der Waals surface area contributed by atoms with Gasteiger partial charge in [-0.3, -0.25) is 0 Å². The highest BCUT2D eigenvalue weighted by atomic mass is 16.2. The van der Waals surface area contributed by atoms with Gasteiger partial charge in [0.05, 0.1) is 16.7 Å². The number of aromatic amines is 1. The molecular weight excluding hydrogens is 404 g/mol. The van der Waals surface area contributed by atoms with Gasteiger partial charge in [0.25, 0.3) is 0 Å². The minimum Gasteiger partial charge on any atom is -0.342 e. The summed E-state index contributed by atoms with van der Waals surface area (Å²) >= 11 is 0. The molecule has 2 amide bonds. The third kappa shape index (κ3) is 4.94. The molecule has 9 heteroatoms. The van der Waals surface area contributed by atoms with Crippen LogP contribution in [-0.4, -0.2) is 58.1 Å². The van der Waals surface area contributed by atoms with Crippen LogP contribution < -0.4 is 16.0 Å². The number of anilines is 3. The molecule has 166 valence electrons. The van der Waals surface area contributed by atoms with Crippen LogP contribution in [0, 0.1) is 13.8 Å². The molecule has 0 radical (unpaired) electrons. The molecule has 0 aliphatic heterocycles. The third-order valence-corrected chi connectivity index (χ3v) is 5.09. The van der Waals surface area contributed by atoms with Crippen molar-refractivity contribution in [2.24, 2.45) is 0 Å². The van der Waals surface area contributed by atoms with Crippen LogP contribution in [0.3, 0.4) is 0 Å². The Morgan fingerprint density at radius 1 is 1.12 bits per heavy atom. The second kappa shape index (κ2) is 9.19. The number of carbonyl (C=O) groups excluding carboxylic acids is 1. The first-order chi connectivity index (χ1) is 15.4. The van der Waals surface area contributed by atoms with Gasteiger partial charge in [0.15, 0.2) is 0 Å². The zero-order valence-corrected chi connectivity index (χ0v) is 18.8. The van der Waals surface area contributed by atoms with Crippen LogP contribution in [-0.2, 0) is 0 Å². The third-order valence-electron chi connectivity index (χ3n) is 5.09. The van der Waals surface area contributed by atoms with E-state index in [4.69, 9.17) is 0 Å². The standard InChI is InChI=1S/C23H28N8O/c1-14-7-5-8-16-13-25-22(30-20(14)16)28-17-11-18-21(27-15(2)26-18)19(12-17)29-23(32)24-9-6-10-31(3)4/h5,7-8,11-13H,6,9-10H2,1-4H3,(H,26,27)(H2,24,29,32)(H,25,28,30). The Labute approximate surface area is 186 Å². The number of nitrogens with zero attached hydrogens (tertiary/aromatic N) is 4. The van der Waals surface area contributed by atoms with E-state index in [0.717, 1.165) is 46.5 Å². The lowest BCUT2D eigenvalue weighted by molar-refractivity contribution is 0.251. The number of nitrogens with one attached hydrogen (secondary N) is 4. The van der Waals surface area contributed by atoms with Gasteiger partial charge in [0.2, 0.25) is 5.95 Å².